The predicted molar refractivity (Wildman–Crippen MR) is 73.5 cm³/mol. The molecule has 0 N–H and O–H groups in total. The van der Waals surface area contributed by atoms with Gasteiger partial charge in [-0.2, -0.15) is 10.5 Å². The van der Waals surface area contributed by atoms with Crippen LogP contribution < -0.4 is 0 Å². The zero-order valence-electron chi connectivity index (χ0n) is 10.9. The van der Waals surface area contributed by atoms with Crippen LogP contribution in [0.3, 0.4) is 0 Å². The summed E-state index contributed by atoms with van der Waals surface area (Å²) >= 11 is 6.24. The molecule has 1 aromatic carbocycles. The van der Waals surface area contributed by atoms with Gasteiger partial charge in [-0.3, -0.25) is 0 Å². The quantitative estimate of drug-likeness (QED) is 0.797. The van der Waals surface area contributed by atoms with E-state index in [1.165, 1.54) is 0 Å². The summed E-state index contributed by atoms with van der Waals surface area (Å²) in [6.07, 6.45) is 3.87. The normalized spacial score (nSPS) is 9.83. The molecule has 3 heteroatoms. The third-order valence-electron chi connectivity index (χ3n) is 2.96. The standard InChI is InChI=1S/C15H17ClN2/c1-3-5-12-11(7-8-17)9-15(16)13(6-4-2)14(12)10-18/h9H,3-7H2,1-2H3. The fourth-order valence-corrected chi connectivity index (χ4v) is 2.52. The Hall–Kier alpha value is -1.51. The van der Waals surface area contributed by atoms with Crippen molar-refractivity contribution in [3.8, 4) is 12.1 Å². The fourth-order valence-electron chi connectivity index (χ4n) is 2.20. The van der Waals surface area contributed by atoms with Crippen LogP contribution in [0.5, 0.6) is 0 Å². The molecule has 94 valence electrons. The summed E-state index contributed by atoms with van der Waals surface area (Å²) in [5.74, 6) is 0. The third kappa shape index (κ3) is 3.03. The van der Waals surface area contributed by atoms with Crippen LogP contribution in [0.2, 0.25) is 5.02 Å². The van der Waals surface area contributed by atoms with Crippen LogP contribution >= 0.6 is 11.6 Å². The number of nitriles is 2. The maximum absolute atomic E-state index is 9.38. The first-order valence-corrected chi connectivity index (χ1v) is 6.67. The number of hydrogen-bond donors (Lipinski definition) is 0. The van der Waals surface area contributed by atoms with Crippen LogP contribution in [0.4, 0.5) is 0 Å². The summed E-state index contributed by atoms with van der Waals surface area (Å²) in [4.78, 5) is 0. The van der Waals surface area contributed by atoms with Crippen molar-refractivity contribution < 1.29 is 0 Å². The van der Waals surface area contributed by atoms with E-state index in [1.807, 2.05) is 6.07 Å². The molecule has 0 spiro atoms. The van der Waals surface area contributed by atoms with Gasteiger partial charge in [-0.25, -0.2) is 0 Å². The number of benzene rings is 1. The molecule has 0 amide bonds. The van der Waals surface area contributed by atoms with Crippen LogP contribution in [0.15, 0.2) is 6.07 Å². The SMILES string of the molecule is CCCc1c(Cl)cc(CC#N)c(CCC)c1C#N. The summed E-state index contributed by atoms with van der Waals surface area (Å²) in [6.45, 7) is 4.14. The largest absolute Gasteiger partial charge is 0.198 e. The van der Waals surface area contributed by atoms with Gasteiger partial charge in [-0.05, 0) is 35.6 Å². The molecule has 2 nitrogen and oxygen atoms in total. The predicted octanol–water partition coefficient (Wildman–Crippen LogP) is 4.18. The molecule has 0 fully saturated rings. The number of hydrogen-bond acceptors (Lipinski definition) is 2. The van der Waals surface area contributed by atoms with E-state index in [0.29, 0.717) is 17.0 Å². The molecular formula is C15H17ClN2. The van der Waals surface area contributed by atoms with E-state index in [-0.39, 0.29) is 0 Å². The zero-order chi connectivity index (χ0) is 13.5. The van der Waals surface area contributed by atoms with Crippen molar-refractivity contribution in [2.24, 2.45) is 0 Å². The second-order valence-electron chi connectivity index (χ2n) is 4.30. The lowest BCUT2D eigenvalue weighted by Gasteiger charge is -2.14. The average molecular weight is 261 g/mol. The van der Waals surface area contributed by atoms with Gasteiger partial charge in [-0.1, -0.05) is 38.3 Å². The van der Waals surface area contributed by atoms with Crippen molar-refractivity contribution in [1.29, 1.82) is 10.5 Å². The van der Waals surface area contributed by atoms with E-state index >= 15 is 0 Å². The molecule has 0 heterocycles. The Bertz CT molecular complexity index is 507. The van der Waals surface area contributed by atoms with Crippen molar-refractivity contribution in [2.75, 3.05) is 0 Å². The van der Waals surface area contributed by atoms with Gasteiger partial charge in [0.2, 0.25) is 0 Å². The first kappa shape index (κ1) is 14.6. The van der Waals surface area contributed by atoms with Crippen LogP contribution in [0.1, 0.15) is 48.9 Å². The van der Waals surface area contributed by atoms with Gasteiger partial charge in [0.25, 0.3) is 0 Å². The highest BCUT2D eigenvalue weighted by Crippen LogP contribution is 2.29. The lowest BCUT2D eigenvalue weighted by atomic mass is 9.90. The van der Waals surface area contributed by atoms with Crippen molar-refractivity contribution in [3.05, 3.63) is 33.3 Å². The number of halogens is 1. The molecule has 0 saturated carbocycles. The van der Waals surface area contributed by atoms with Gasteiger partial charge < -0.3 is 0 Å². The highest BCUT2D eigenvalue weighted by atomic mass is 35.5. The smallest absolute Gasteiger partial charge is 0.0998 e. The minimum atomic E-state index is 0.316. The maximum atomic E-state index is 9.38. The third-order valence-corrected chi connectivity index (χ3v) is 3.30. The second kappa shape index (κ2) is 7.04. The molecule has 1 aromatic rings. The highest BCUT2D eigenvalue weighted by molar-refractivity contribution is 6.31. The molecular weight excluding hydrogens is 244 g/mol. The molecule has 0 radical (unpaired) electrons. The Balaban J connectivity index is 3.46. The maximum Gasteiger partial charge on any atom is 0.0998 e. The van der Waals surface area contributed by atoms with Crippen molar-refractivity contribution in [2.45, 2.75) is 46.0 Å². The fraction of sp³-hybridized carbons (Fsp3) is 0.467. The molecule has 0 aromatic heterocycles. The van der Waals surface area contributed by atoms with E-state index in [9.17, 15) is 5.26 Å². The van der Waals surface area contributed by atoms with Gasteiger partial charge in [0, 0.05) is 5.02 Å². The Morgan fingerprint density at radius 1 is 1.11 bits per heavy atom. The van der Waals surface area contributed by atoms with Gasteiger partial charge in [0.05, 0.1) is 24.1 Å². The second-order valence-corrected chi connectivity index (χ2v) is 4.70. The molecule has 0 saturated heterocycles. The molecule has 0 aliphatic rings. The molecule has 0 bridgehead atoms. The molecule has 1 rings (SSSR count). The van der Waals surface area contributed by atoms with Crippen molar-refractivity contribution in [3.63, 3.8) is 0 Å². The Morgan fingerprint density at radius 3 is 2.22 bits per heavy atom. The van der Waals surface area contributed by atoms with Crippen LogP contribution in [0.25, 0.3) is 0 Å². The summed E-state index contributed by atoms with van der Waals surface area (Å²) in [6, 6.07) is 6.29. The summed E-state index contributed by atoms with van der Waals surface area (Å²) in [5, 5.41) is 18.9. The van der Waals surface area contributed by atoms with Crippen LogP contribution in [-0.2, 0) is 19.3 Å². The van der Waals surface area contributed by atoms with Gasteiger partial charge >= 0.3 is 0 Å². The van der Waals surface area contributed by atoms with E-state index in [4.69, 9.17) is 16.9 Å². The Kier molecular flexibility index (Phi) is 5.69. The zero-order valence-corrected chi connectivity index (χ0v) is 11.6. The molecule has 0 aliphatic heterocycles. The monoisotopic (exact) mass is 260 g/mol. The Morgan fingerprint density at radius 2 is 1.72 bits per heavy atom. The molecule has 0 unspecified atom stereocenters. The molecule has 0 aliphatic carbocycles. The van der Waals surface area contributed by atoms with E-state index in [2.05, 4.69) is 26.0 Å². The first-order valence-electron chi connectivity index (χ1n) is 6.29. The van der Waals surface area contributed by atoms with Crippen molar-refractivity contribution in [1.82, 2.24) is 0 Å². The number of nitrogens with zero attached hydrogens (tertiary/aromatic N) is 2. The van der Waals surface area contributed by atoms with E-state index in [1.54, 1.807) is 0 Å². The average Bonchev–Trinajstić information content (AvgIpc) is 2.35. The van der Waals surface area contributed by atoms with E-state index in [0.717, 1.165) is 42.4 Å². The molecule has 0 atom stereocenters. The van der Waals surface area contributed by atoms with Gasteiger partial charge in [-0.15, -0.1) is 0 Å². The lowest BCUT2D eigenvalue weighted by Crippen LogP contribution is -2.03. The van der Waals surface area contributed by atoms with Gasteiger partial charge in [0.15, 0.2) is 0 Å². The summed E-state index contributed by atoms with van der Waals surface area (Å²) < 4.78 is 0. The van der Waals surface area contributed by atoms with Gasteiger partial charge in [0.1, 0.15) is 0 Å². The lowest BCUT2D eigenvalue weighted by molar-refractivity contribution is 0.878. The Labute approximate surface area is 114 Å². The minimum Gasteiger partial charge on any atom is -0.198 e. The first-order chi connectivity index (χ1) is 8.69. The highest BCUT2D eigenvalue weighted by Gasteiger charge is 2.15. The van der Waals surface area contributed by atoms with Crippen LogP contribution in [-0.4, -0.2) is 0 Å². The van der Waals surface area contributed by atoms with E-state index < -0.39 is 0 Å². The minimum absolute atomic E-state index is 0.316. The number of rotatable bonds is 5. The summed E-state index contributed by atoms with van der Waals surface area (Å²) in [7, 11) is 0. The summed E-state index contributed by atoms with van der Waals surface area (Å²) in [5.41, 5.74) is 3.54. The van der Waals surface area contributed by atoms with Crippen LogP contribution in [0, 0.1) is 22.7 Å². The van der Waals surface area contributed by atoms with Crippen molar-refractivity contribution >= 4 is 11.6 Å². The molecule has 18 heavy (non-hydrogen) atoms. The topological polar surface area (TPSA) is 47.6 Å².